The minimum Gasteiger partial charge on any atom is -0.495 e. The van der Waals surface area contributed by atoms with Crippen molar-refractivity contribution in [3.05, 3.63) is 45.4 Å². The van der Waals surface area contributed by atoms with Gasteiger partial charge in [-0.25, -0.2) is 9.97 Å². The molecule has 2 aromatic rings. The highest BCUT2D eigenvalue weighted by Crippen LogP contribution is 2.34. The zero-order valence-corrected chi connectivity index (χ0v) is 11.5. The number of benzene rings is 1. The van der Waals surface area contributed by atoms with Crippen molar-refractivity contribution in [1.29, 1.82) is 0 Å². The molecular formula is C12H11ClN4O3. The Balaban J connectivity index is 2.48. The Morgan fingerprint density at radius 1 is 1.40 bits per heavy atom. The van der Waals surface area contributed by atoms with Crippen molar-refractivity contribution >= 4 is 28.8 Å². The van der Waals surface area contributed by atoms with E-state index in [-0.39, 0.29) is 16.7 Å². The van der Waals surface area contributed by atoms with Crippen LogP contribution in [0.15, 0.2) is 24.5 Å². The minimum absolute atomic E-state index is 0.0129. The number of ether oxygens (including phenoxy) is 1. The Hall–Kier alpha value is -2.41. The highest BCUT2D eigenvalue weighted by Gasteiger charge is 2.22. The average molecular weight is 295 g/mol. The maximum absolute atomic E-state index is 11.0. The second-order valence-corrected chi connectivity index (χ2v) is 4.31. The molecule has 1 aromatic heterocycles. The molecule has 0 fully saturated rings. The van der Waals surface area contributed by atoms with E-state index in [0.29, 0.717) is 11.4 Å². The van der Waals surface area contributed by atoms with Gasteiger partial charge in [0.1, 0.15) is 12.1 Å². The van der Waals surface area contributed by atoms with Crippen molar-refractivity contribution in [2.45, 2.75) is 6.92 Å². The fourth-order valence-electron chi connectivity index (χ4n) is 1.66. The van der Waals surface area contributed by atoms with E-state index in [1.54, 1.807) is 12.1 Å². The number of nitrogens with zero attached hydrogens (tertiary/aromatic N) is 3. The van der Waals surface area contributed by atoms with Gasteiger partial charge in [-0.15, -0.1) is 0 Å². The normalized spacial score (nSPS) is 10.2. The topological polar surface area (TPSA) is 90.2 Å². The number of hydrogen-bond acceptors (Lipinski definition) is 6. The Bertz CT molecular complexity index is 663. The number of nitrogens with one attached hydrogen (secondary N) is 1. The largest absolute Gasteiger partial charge is 0.495 e. The summed E-state index contributed by atoms with van der Waals surface area (Å²) in [4.78, 5) is 17.9. The molecule has 104 valence electrons. The third-order valence-electron chi connectivity index (χ3n) is 2.57. The summed E-state index contributed by atoms with van der Waals surface area (Å²) in [6.45, 7) is 1.89. The molecule has 0 aliphatic heterocycles. The van der Waals surface area contributed by atoms with Crippen molar-refractivity contribution in [2.24, 2.45) is 0 Å². The summed E-state index contributed by atoms with van der Waals surface area (Å²) in [6.07, 6.45) is 1.15. The Kier molecular flexibility index (Phi) is 3.99. The molecule has 0 radical (unpaired) electrons. The maximum Gasteiger partial charge on any atom is 0.348 e. The second kappa shape index (κ2) is 5.70. The van der Waals surface area contributed by atoms with Gasteiger partial charge >= 0.3 is 5.69 Å². The van der Waals surface area contributed by atoms with Gasteiger partial charge in [-0.3, -0.25) is 10.1 Å². The number of methoxy groups -OCH3 is 1. The number of halogens is 1. The molecule has 0 atom stereocenters. The number of hydrogen-bond donors (Lipinski definition) is 1. The van der Waals surface area contributed by atoms with Crippen molar-refractivity contribution in [1.82, 2.24) is 9.97 Å². The van der Waals surface area contributed by atoms with Crippen molar-refractivity contribution < 1.29 is 9.66 Å². The molecule has 20 heavy (non-hydrogen) atoms. The number of rotatable bonds is 4. The number of anilines is 2. The van der Waals surface area contributed by atoms with Gasteiger partial charge < -0.3 is 10.1 Å². The van der Waals surface area contributed by atoms with Crippen LogP contribution in [-0.2, 0) is 0 Å². The predicted molar refractivity (Wildman–Crippen MR) is 74.7 cm³/mol. The molecule has 1 heterocycles. The molecule has 8 heteroatoms. The van der Waals surface area contributed by atoms with Crippen LogP contribution >= 0.6 is 11.6 Å². The van der Waals surface area contributed by atoms with Gasteiger partial charge in [-0.05, 0) is 24.6 Å². The Labute approximate surface area is 119 Å². The highest BCUT2D eigenvalue weighted by molar-refractivity contribution is 6.31. The van der Waals surface area contributed by atoms with E-state index < -0.39 is 4.92 Å². The molecule has 0 bridgehead atoms. The molecule has 2 rings (SSSR count). The second-order valence-electron chi connectivity index (χ2n) is 3.95. The zero-order valence-electron chi connectivity index (χ0n) is 10.8. The third kappa shape index (κ3) is 2.77. The quantitative estimate of drug-likeness (QED) is 0.529. The molecular weight excluding hydrogens is 284 g/mol. The third-order valence-corrected chi connectivity index (χ3v) is 2.84. The van der Waals surface area contributed by atoms with E-state index in [9.17, 15) is 10.1 Å². The Morgan fingerprint density at radius 3 is 2.80 bits per heavy atom. The first-order valence-corrected chi connectivity index (χ1v) is 5.97. The van der Waals surface area contributed by atoms with E-state index in [1.807, 2.05) is 13.0 Å². The molecule has 1 aromatic carbocycles. The predicted octanol–water partition coefficient (Wildman–Crippen LogP) is 3.10. The molecule has 7 nitrogen and oxygen atoms in total. The van der Waals surface area contributed by atoms with E-state index in [4.69, 9.17) is 16.3 Å². The van der Waals surface area contributed by atoms with Crippen LogP contribution in [0.5, 0.6) is 5.75 Å². The molecule has 0 aliphatic carbocycles. The van der Waals surface area contributed by atoms with Crippen molar-refractivity contribution in [2.75, 3.05) is 12.4 Å². The van der Waals surface area contributed by atoms with Gasteiger partial charge in [0.2, 0.25) is 11.0 Å². The fraction of sp³-hybridized carbons (Fsp3) is 0.167. The summed E-state index contributed by atoms with van der Waals surface area (Å²) in [7, 11) is 1.51. The lowest BCUT2D eigenvalue weighted by molar-refractivity contribution is -0.384. The first-order valence-electron chi connectivity index (χ1n) is 5.59. The van der Waals surface area contributed by atoms with Gasteiger partial charge in [-0.2, -0.15) is 0 Å². The zero-order chi connectivity index (χ0) is 14.7. The number of nitro groups is 1. The summed E-state index contributed by atoms with van der Waals surface area (Å²) in [5.41, 5.74) is 1.15. The standard InChI is InChI=1S/C12H11ClN4O3/c1-7-3-4-9(20-2)8(5-7)16-12-10(17(18)19)11(13)14-6-15-12/h3-6H,1-2H3,(H,14,15,16). The summed E-state index contributed by atoms with van der Waals surface area (Å²) < 4.78 is 5.19. The number of aryl methyl sites for hydroxylation is 1. The molecule has 1 N–H and O–H groups in total. The molecule has 0 aliphatic rings. The van der Waals surface area contributed by atoms with Crippen LogP contribution in [0.3, 0.4) is 0 Å². The highest BCUT2D eigenvalue weighted by atomic mass is 35.5. The van der Waals surface area contributed by atoms with Crippen LogP contribution in [-0.4, -0.2) is 22.0 Å². The van der Waals surface area contributed by atoms with Gasteiger partial charge in [0.05, 0.1) is 17.7 Å². The first kappa shape index (κ1) is 14.0. The van der Waals surface area contributed by atoms with E-state index in [1.165, 1.54) is 7.11 Å². The summed E-state index contributed by atoms with van der Waals surface area (Å²) in [5, 5.41) is 13.7. The van der Waals surface area contributed by atoms with Gasteiger partial charge in [-0.1, -0.05) is 17.7 Å². The Morgan fingerprint density at radius 2 is 2.15 bits per heavy atom. The van der Waals surface area contributed by atoms with E-state index in [2.05, 4.69) is 15.3 Å². The lowest BCUT2D eigenvalue weighted by Crippen LogP contribution is -2.03. The smallest absolute Gasteiger partial charge is 0.348 e. The van der Waals surface area contributed by atoms with Crippen LogP contribution < -0.4 is 10.1 Å². The van der Waals surface area contributed by atoms with Crippen molar-refractivity contribution in [3.8, 4) is 5.75 Å². The lowest BCUT2D eigenvalue weighted by atomic mass is 10.2. The van der Waals surface area contributed by atoms with Crippen LogP contribution in [0, 0.1) is 17.0 Å². The van der Waals surface area contributed by atoms with Crippen molar-refractivity contribution in [3.63, 3.8) is 0 Å². The van der Waals surface area contributed by atoms with E-state index >= 15 is 0 Å². The first-order chi connectivity index (χ1) is 9.52. The summed E-state index contributed by atoms with van der Waals surface area (Å²) in [6, 6.07) is 5.41. The lowest BCUT2D eigenvalue weighted by Gasteiger charge is -2.11. The molecule has 0 saturated carbocycles. The maximum atomic E-state index is 11.0. The van der Waals surface area contributed by atoms with Gasteiger partial charge in [0, 0.05) is 0 Å². The fourth-order valence-corrected chi connectivity index (χ4v) is 1.86. The van der Waals surface area contributed by atoms with Crippen LogP contribution in [0.1, 0.15) is 5.56 Å². The van der Waals surface area contributed by atoms with Crippen LogP contribution in [0.2, 0.25) is 5.15 Å². The molecule has 0 spiro atoms. The monoisotopic (exact) mass is 294 g/mol. The van der Waals surface area contributed by atoms with Crippen LogP contribution in [0.4, 0.5) is 17.2 Å². The average Bonchev–Trinajstić information content (AvgIpc) is 2.38. The number of aromatic nitrogens is 2. The molecule has 0 unspecified atom stereocenters. The van der Waals surface area contributed by atoms with Crippen LogP contribution in [0.25, 0.3) is 0 Å². The SMILES string of the molecule is COc1ccc(C)cc1Nc1ncnc(Cl)c1[N+](=O)[O-]. The van der Waals surface area contributed by atoms with E-state index in [0.717, 1.165) is 11.9 Å². The summed E-state index contributed by atoms with van der Waals surface area (Å²) >= 11 is 5.73. The minimum atomic E-state index is -0.632. The molecule has 0 amide bonds. The van der Waals surface area contributed by atoms with Gasteiger partial charge in [0.15, 0.2) is 0 Å². The van der Waals surface area contributed by atoms with Gasteiger partial charge in [0.25, 0.3) is 0 Å². The molecule has 0 saturated heterocycles. The summed E-state index contributed by atoms with van der Waals surface area (Å²) in [5.74, 6) is 0.554.